The Bertz CT molecular complexity index is 1350. The number of hydrogen-bond donors (Lipinski definition) is 2. The van der Waals surface area contributed by atoms with Crippen molar-refractivity contribution in [3.8, 4) is 17.5 Å². The summed E-state index contributed by atoms with van der Waals surface area (Å²) in [5.74, 6) is 1.64. The third-order valence-electron chi connectivity index (χ3n) is 6.02. The van der Waals surface area contributed by atoms with E-state index in [1.165, 1.54) is 0 Å². The molecular weight excluding hydrogens is 469 g/mol. The van der Waals surface area contributed by atoms with Crippen LogP contribution in [0.15, 0.2) is 48.7 Å². The highest BCUT2D eigenvalue weighted by Gasteiger charge is 2.23. The zero-order chi connectivity index (χ0) is 23.5. The van der Waals surface area contributed by atoms with Crippen molar-refractivity contribution in [2.24, 2.45) is 5.92 Å². The van der Waals surface area contributed by atoms with Gasteiger partial charge in [-0.15, -0.1) is 0 Å². The second-order valence-corrected chi connectivity index (χ2v) is 9.24. The van der Waals surface area contributed by atoms with Crippen LogP contribution >= 0.6 is 23.2 Å². The van der Waals surface area contributed by atoms with Gasteiger partial charge in [0.05, 0.1) is 33.4 Å². The summed E-state index contributed by atoms with van der Waals surface area (Å²) < 4.78 is 2.11. The second kappa shape index (κ2) is 9.98. The molecule has 0 unspecified atom stereocenters. The predicted octanol–water partition coefficient (Wildman–Crippen LogP) is 5.28. The van der Waals surface area contributed by atoms with E-state index in [0.717, 1.165) is 43.7 Å². The Morgan fingerprint density at radius 1 is 1.15 bits per heavy atom. The number of imidazole rings is 1. The molecule has 2 aromatic carbocycles. The van der Waals surface area contributed by atoms with Crippen LogP contribution in [0.2, 0.25) is 10.0 Å². The Labute approximate surface area is 207 Å². The summed E-state index contributed by atoms with van der Waals surface area (Å²) in [7, 11) is 0. The van der Waals surface area contributed by atoms with Gasteiger partial charge in [0.2, 0.25) is 5.95 Å². The van der Waals surface area contributed by atoms with Crippen molar-refractivity contribution in [3.05, 3.63) is 69.8 Å². The van der Waals surface area contributed by atoms with Gasteiger partial charge in [0.1, 0.15) is 11.3 Å². The Balaban J connectivity index is 1.53. The van der Waals surface area contributed by atoms with Gasteiger partial charge in [0.25, 0.3) is 0 Å². The van der Waals surface area contributed by atoms with E-state index in [1.807, 2.05) is 36.4 Å². The van der Waals surface area contributed by atoms with Crippen molar-refractivity contribution in [1.82, 2.24) is 24.8 Å². The van der Waals surface area contributed by atoms with Gasteiger partial charge in [0, 0.05) is 13.1 Å². The van der Waals surface area contributed by atoms with E-state index in [2.05, 4.69) is 26.3 Å². The molecule has 2 N–H and O–H groups in total. The van der Waals surface area contributed by atoms with Crippen LogP contribution in [0.3, 0.4) is 0 Å². The molecule has 2 aromatic heterocycles. The van der Waals surface area contributed by atoms with Crippen LogP contribution in [0.25, 0.3) is 22.6 Å². The maximum Gasteiger partial charge on any atom is 0.225 e. The van der Waals surface area contributed by atoms with Gasteiger partial charge in [-0.2, -0.15) is 10.2 Å². The number of aromatic nitrogens is 4. The van der Waals surface area contributed by atoms with Crippen LogP contribution in [0.1, 0.15) is 24.0 Å². The summed E-state index contributed by atoms with van der Waals surface area (Å²) in [4.78, 5) is 14.1. The monoisotopic (exact) mass is 491 g/mol. The zero-order valence-electron chi connectivity index (χ0n) is 18.4. The Hall–Kier alpha value is -3.18. The lowest BCUT2D eigenvalue weighted by Gasteiger charge is -2.24. The highest BCUT2D eigenvalue weighted by atomic mass is 35.5. The summed E-state index contributed by atoms with van der Waals surface area (Å²) in [6, 6.07) is 15.1. The summed E-state index contributed by atoms with van der Waals surface area (Å²) in [5, 5.41) is 17.0. The molecule has 0 radical (unpaired) electrons. The fourth-order valence-corrected chi connectivity index (χ4v) is 4.92. The number of piperidine rings is 1. The maximum absolute atomic E-state index is 9.14. The molecule has 9 heteroatoms. The molecule has 1 atom stereocenters. The SMILES string of the molecule is N#Cc1cccc(CNc2ncc3nc(-c4c(Cl)cccc4Cl)n(C[C@@H]4CCCNC4)c3n2)c1. The predicted molar refractivity (Wildman–Crippen MR) is 135 cm³/mol. The minimum absolute atomic E-state index is 0.450. The number of nitriles is 1. The first-order valence-corrected chi connectivity index (χ1v) is 12.0. The van der Waals surface area contributed by atoms with E-state index in [-0.39, 0.29) is 0 Å². The number of fused-ring (bicyclic) bond motifs is 1. The third-order valence-corrected chi connectivity index (χ3v) is 6.65. The first-order chi connectivity index (χ1) is 16.6. The van der Waals surface area contributed by atoms with E-state index in [9.17, 15) is 0 Å². The van der Waals surface area contributed by atoms with Gasteiger partial charge < -0.3 is 15.2 Å². The third kappa shape index (κ3) is 4.71. The molecule has 0 amide bonds. The Morgan fingerprint density at radius 2 is 1.97 bits per heavy atom. The molecule has 0 bridgehead atoms. The first kappa shape index (κ1) is 22.6. The fourth-order valence-electron chi connectivity index (χ4n) is 4.35. The van der Waals surface area contributed by atoms with Gasteiger partial charge in [0.15, 0.2) is 5.65 Å². The van der Waals surface area contributed by atoms with Crippen LogP contribution in [-0.2, 0) is 13.1 Å². The van der Waals surface area contributed by atoms with Gasteiger partial charge >= 0.3 is 0 Å². The number of anilines is 1. The minimum atomic E-state index is 0.450. The van der Waals surface area contributed by atoms with Crippen molar-refractivity contribution in [2.45, 2.75) is 25.9 Å². The van der Waals surface area contributed by atoms with Crippen LogP contribution in [0, 0.1) is 17.2 Å². The molecule has 7 nitrogen and oxygen atoms in total. The summed E-state index contributed by atoms with van der Waals surface area (Å²) in [6.45, 7) is 3.25. The lowest BCUT2D eigenvalue weighted by atomic mass is 9.99. The zero-order valence-corrected chi connectivity index (χ0v) is 19.9. The fraction of sp³-hybridized carbons (Fsp3) is 0.280. The molecule has 0 spiro atoms. The normalized spacial score (nSPS) is 15.9. The number of benzene rings is 2. The van der Waals surface area contributed by atoms with Crippen LogP contribution in [0.5, 0.6) is 0 Å². The van der Waals surface area contributed by atoms with Gasteiger partial charge in [-0.1, -0.05) is 41.4 Å². The molecule has 4 aromatic rings. The number of nitrogens with one attached hydrogen (secondary N) is 2. The highest BCUT2D eigenvalue weighted by molar-refractivity contribution is 6.39. The molecule has 0 aliphatic carbocycles. The Kier molecular flexibility index (Phi) is 6.63. The molecule has 34 heavy (non-hydrogen) atoms. The lowest BCUT2D eigenvalue weighted by molar-refractivity contribution is 0.341. The van der Waals surface area contributed by atoms with E-state index < -0.39 is 0 Å². The molecule has 0 saturated carbocycles. The molecule has 1 fully saturated rings. The smallest absolute Gasteiger partial charge is 0.225 e. The standard InChI is InChI=1S/C25H23Cl2N7/c26-19-7-2-8-20(27)22(19)24-32-21-14-31-25(30-13-17-5-1-4-16(10-17)11-28)33-23(21)34(24)15-18-6-3-9-29-12-18/h1-2,4-5,7-8,10,14,18,29H,3,6,9,12-13,15H2,(H,30,31,33)/t18-/m1/s1. The van der Waals surface area contributed by atoms with E-state index >= 15 is 0 Å². The number of nitrogens with zero attached hydrogens (tertiary/aromatic N) is 5. The summed E-state index contributed by atoms with van der Waals surface area (Å²) >= 11 is 13.1. The van der Waals surface area contributed by atoms with E-state index in [1.54, 1.807) is 12.3 Å². The molecule has 5 rings (SSSR count). The minimum Gasteiger partial charge on any atom is -0.350 e. The van der Waals surface area contributed by atoms with Crippen LogP contribution < -0.4 is 10.6 Å². The van der Waals surface area contributed by atoms with Crippen molar-refractivity contribution >= 4 is 40.3 Å². The highest BCUT2D eigenvalue weighted by Crippen LogP contribution is 2.36. The van der Waals surface area contributed by atoms with Gasteiger partial charge in [-0.25, -0.2) is 9.97 Å². The van der Waals surface area contributed by atoms with Crippen LogP contribution in [-0.4, -0.2) is 32.6 Å². The summed E-state index contributed by atoms with van der Waals surface area (Å²) in [5.41, 5.74) is 3.73. The number of hydrogen-bond acceptors (Lipinski definition) is 6. The molecule has 1 aliphatic rings. The lowest BCUT2D eigenvalue weighted by Crippen LogP contribution is -2.32. The van der Waals surface area contributed by atoms with Crippen molar-refractivity contribution in [3.63, 3.8) is 0 Å². The summed E-state index contributed by atoms with van der Waals surface area (Å²) in [6.07, 6.45) is 4.00. The number of rotatable bonds is 6. The van der Waals surface area contributed by atoms with E-state index in [0.29, 0.717) is 50.9 Å². The topological polar surface area (TPSA) is 91.5 Å². The average molecular weight is 492 g/mol. The largest absolute Gasteiger partial charge is 0.350 e. The molecule has 172 valence electrons. The van der Waals surface area contributed by atoms with Crippen molar-refractivity contribution < 1.29 is 0 Å². The first-order valence-electron chi connectivity index (χ1n) is 11.2. The molecule has 1 saturated heterocycles. The second-order valence-electron chi connectivity index (χ2n) is 8.42. The number of halogens is 2. The van der Waals surface area contributed by atoms with Crippen LogP contribution in [0.4, 0.5) is 5.95 Å². The van der Waals surface area contributed by atoms with Crippen molar-refractivity contribution in [1.29, 1.82) is 5.26 Å². The van der Waals surface area contributed by atoms with E-state index in [4.69, 9.17) is 38.4 Å². The molecule has 1 aliphatic heterocycles. The van der Waals surface area contributed by atoms with Gasteiger partial charge in [-0.3, -0.25) is 0 Å². The van der Waals surface area contributed by atoms with Gasteiger partial charge in [-0.05, 0) is 61.7 Å². The molecular formula is C25H23Cl2N7. The molecule has 3 heterocycles. The maximum atomic E-state index is 9.14. The Morgan fingerprint density at radius 3 is 2.74 bits per heavy atom. The quantitative estimate of drug-likeness (QED) is 0.381. The average Bonchev–Trinajstić information content (AvgIpc) is 3.20. The van der Waals surface area contributed by atoms with Crippen molar-refractivity contribution in [2.75, 3.05) is 18.4 Å².